The number of nitrogens with one attached hydrogen (secondary N) is 2. The van der Waals surface area contributed by atoms with Gasteiger partial charge in [0.05, 0.1) is 0 Å². The highest BCUT2D eigenvalue weighted by Gasteiger charge is 2.30. The molecule has 0 aliphatic carbocycles. The summed E-state index contributed by atoms with van der Waals surface area (Å²) in [6.45, 7) is 1.05. The first-order valence-corrected chi connectivity index (χ1v) is 10.6. The molecule has 0 saturated carbocycles. The van der Waals surface area contributed by atoms with Gasteiger partial charge in [-0.2, -0.15) is 9.38 Å². The molecule has 5 rings (SSSR count). The molecule has 1 aliphatic rings. The fourth-order valence-electron chi connectivity index (χ4n) is 3.86. The molecule has 0 unspecified atom stereocenters. The Morgan fingerprint density at radius 3 is 2.77 bits per heavy atom. The number of rotatable bonds is 4. The van der Waals surface area contributed by atoms with Gasteiger partial charge in [-0.05, 0) is 40.7 Å². The van der Waals surface area contributed by atoms with Crippen LogP contribution in [0, 0.1) is 10.1 Å². The maximum Gasteiger partial charge on any atom is 0.373 e. The molecule has 4 aromatic rings. The molecular formula is C21H18N6O3S. The number of imidazole rings is 1. The smallest absolute Gasteiger partial charge is 0.358 e. The van der Waals surface area contributed by atoms with Crippen molar-refractivity contribution in [2.45, 2.75) is 13.0 Å². The van der Waals surface area contributed by atoms with E-state index in [-0.39, 0.29) is 16.8 Å². The third-order valence-corrected chi connectivity index (χ3v) is 5.99. The van der Waals surface area contributed by atoms with Crippen molar-refractivity contribution in [1.29, 1.82) is 0 Å². The summed E-state index contributed by atoms with van der Waals surface area (Å²) in [6.07, 6.45) is 2.30. The standard InChI is InChI=1S/C21H18N6O3S/c28-20(22-15-6-2-1-3-7-15)23-17-8-4-5-14-13-25(10-9-16(14)17)18-19(27(29)30)26-11-12-31-21(26)24-18/h1-8,11-12H,9-10,13H2,(H2,22,23,28). The van der Waals surface area contributed by atoms with Gasteiger partial charge in [0.1, 0.15) is 6.20 Å². The first-order chi connectivity index (χ1) is 15.1. The SMILES string of the molecule is O=C(Nc1ccccc1)Nc1cccc2c1CCN(c1nc3sccn3c1[N+](=O)[O-])C2. The largest absolute Gasteiger partial charge is 0.373 e. The number of carbonyl (C=O) groups excluding carboxylic acids is 1. The van der Waals surface area contributed by atoms with E-state index in [2.05, 4.69) is 15.6 Å². The average Bonchev–Trinajstić information content (AvgIpc) is 3.35. The maximum atomic E-state index is 12.4. The molecule has 0 atom stereocenters. The van der Waals surface area contributed by atoms with Crippen molar-refractivity contribution in [2.75, 3.05) is 22.1 Å². The van der Waals surface area contributed by atoms with Crippen molar-refractivity contribution < 1.29 is 9.72 Å². The van der Waals surface area contributed by atoms with Crippen LogP contribution in [0.1, 0.15) is 11.1 Å². The lowest BCUT2D eigenvalue weighted by atomic mass is 9.97. The van der Waals surface area contributed by atoms with Gasteiger partial charge in [-0.3, -0.25) is 0 Å². The van der Waals surface area contributed by atoms with Gasteiger partial charge in [0, 0.05) is 29.8 Å². The van der Waals surface area contributed by atoms with Gasteiger partial charge in [-0.25, -0.2) is 4.79 Å². The van der Waals surface area contributed by atoms with E-state index in [0.29, 0.717) is 36.0 Å². The minimum atomic E-state index is -0.385. The molecular weight excluding hydrogens is 416 g/mol. The molecule has 2 aromatic heterocycles. The van der Waals surface area contributed by atoms with Crippen LogP contribution >= 0.6 is 11.3 Å². The predicted octanol–water partition coefficient (Wildman–Crippen LogP) is 4.51. The van der Waals surface area contributed by atoms with Crippen molar-refractivity contribution in [1.82, 2.24) is 9.38 Å². The van der Waals surface area contributed by atoms with E-state index < -0.39 is 0 Å². The van der Waals surface area contributed by atoms with E-state index in [9.17, 15) is 14.9 Å². The average molecular weight is 434 g/mol. The van der Waals surface area contributed by atoms with Crippen LogP contribution in [0.3, 0.4) is 0 Å². The second-order valence-corrected chi connectivity index (χ2v) is 8.00. The lowest BCUT2D eigenvalue weighted by molar-refractivity contribution is -0.389. The Bertz CT molecular complexity index is 1280. The second-order valence-electron chi connectivity index (χ2n) is 7.13. The van der Waals surface area contributed by atoms with Crippen molar-refractivity contribution >= 4 is 45.3 Å². The fourth-order valence-corrected chi connectivity index (χ4v) is 4.56. The number of nitro groups is 1. The first kappa shape index (κ1) is 19.1. The Morgan fingerprint density at radius 1 is 1.13 bits per heavy atom. The highest BCUT2D eigenvalue weighted by Crippen LogP contribution is 2.35. The molecule has 0 spiro atoms. The number of benzene rings is 2. The topological polar surface area (TPSA) is 105 Å². The molecule has 0 fully saturated rings. The van der Waals surface area contributed by atoms with Crippen LogP contribution in [0.4, 0.5) is 27.8 Å². The number of para-hydroxylation sites is 1. The van der Waals surface area contributed by atoms with Crippen LogP contribution in [0.15, 0.2) is 60.1 Å². The molecule has 156 valence electrons. The van der Waals surface area contributed by atoms with Gasteiger partial charge in [0.25, 0.3) is 4.96 Å². The summed E-state index contributed by atoms with van der Waals surface area (Å²) in [5, 5.41) is 19.2. The lowest BCUT2D eigenvalue weighted by Gasteiger charge is -2.29. The summed E-state index contributed by atoms with van der Waals surface area (Å²) in [5.41, 5.74) is 3.49. The number of hydrogen-bond donors (Lipinski definition) is 2. The van der Waals surface area contributed by atoms with E-state index in [0.717, 1.165) is 16.8 Å². The third kappa shape index (κ3) is 3.57. The van der Waals surface area contributed by atoms with E-state index in [1.165, 1.54) is 15.7 Å². The number of anilines is 3. The quantitative estimate of drug-likeness (QED) is 0.363. The number of thiazole rings is 1. The van der Waals surface area contributed by atoms with Crippen LogP contribution in [0.5, 0.6) is 0 Å². The summed E-state index contributed by atoms with van der Waals surface area (Å²) >= 11 is 1.37. The number of carbonyl (C=O) groups is 1. The number of amides is 2. The molecule has 0 bridgehead atoms. The highest BCUT2D eigenvalue weighted by atomic mass is 32.1. The third-order valence-electron chi connectivity index (χ3n) is 5.24. The Kier molecular flexibility index (Phi) is 4.75. The van der Waals surface area contributed by atoms with Crippen molar-refractivity contribution in [3.8, 4) is 0 Å². The molecule has 2 aromatic carbocycles. The van der Waals surface area contributed by atoms with Crippen LogP contribution < -0.4 is 15.5 Å². The van der Waals surface area contributed by atoms with E-state index in [4.69, 9.17) is 0 Å². The zero-order valence-corrected chi connectivity index (χ0v) is 17.1. The first-order valence-electron chi connectivity index (χ1n) is 9.69. The van der Waals surface area contributed by atoms with E-state index >= 15 is 0 Å². The molecule has 31 heavy (non-hydrogen) atoms. The summed E-state index contributed by atoms with van der Waals surface area (Å²) in [6, 6.07) is 14.6. The minimum absolute atomic E-state index is 0.0174. The van der Waals surface area contributed by atoms with Gasteiger partial charge in [0.2, 0.25) is 5.82 Å². The highest BCUT2D eigenvalue weighted by molar-refractivity contribution is 7.15. The van der Waals surface area contributed by atoms with E-state index in [1.807, 2.05) is 53.4 Å². The Hall–Kier alpha value is -3.92. The molecule has 2 amide bonds. The summed E-state index contributed by atoms with van der Waals surface area (Å²) in [4.78, 5) is 30.7. The second kappa shape index (κ2) is 7.73. The lowest BCUT2D eigenvalue weighted by Crippen LogP contribution is -2.32. The number of fused-ring (bicyclic) bond motifs is 2. The summed E-state index contributed by atoms with van der Waals surface area (Å²) in [7, 11) is 0. The van der Waals surface area contributed by atoms with Crippen molar-refractivity contribution in [2.24, 2.45) is 0 Å². The van der Waals surface area contributed by atoms with E-state index in [1.54, 1.807) is 11.6 Å². The summed E-state index contributed by atoms with van der Waals surface area (Å²) < 4.78 is 1.52. The molecule has 1 aliphatic heterocycles. The van der Waals surface area contributed by atoms with Crippen molar-refractivity contribution in [3.63, 3.8) is 0 Å². The van der Waals surface area contributed by atoms with Crippen LogP contribution in [0.25, 0.3) is 4.96 Å². The van der Waals surface area contributed by atoms with Gasteiger partial charge in [0.15, 0.2) is 0 Å². The zero-order valence-electron chi connectivity index (χ0n) is 16.3. The fraction of sp³-hybridized carbons (Fsp3) is 0.143. The number of urea groups is 1. The molecule has 9 nitrogen and oxygen atoms in total. The van der Waals surface area contributed by atoms with Gasteiger partial charge in [-0.15, -0.1) is 0 Å². The molecule has 10 heteroatoms. The monoisotopic (exact) mass is 434 g/mol. The Morgan fingerprint density at radius 2 is 1.97 bits per heavy atom. The van der Waals surface area contributed by atoms with Crippen LogP contribution in [-0.2, 0) is 13.0 Å². The number of hydrogen-bond acceptors (Lipinski definition) is 6. The van der Waals surface area contributed by atoms with Crippen molar-refractivity contribution in [3.05, 3.63) is 81.3 Å². The molecule has 0 radical (unpaired) electrons. The maximum absolute atomic E-state index is 12.4. The van der Waals surface area contributed by atoms with Crippen LogP contribution in [0.2, 0.25) is 0 Å². The Labute approximate surface area is 181 Å². The van der Waals surface area contributed by atoms with Gasteiger partial charge >= 0.3 is 11.8 Å². The number of nitrogens with zero attached hydrogens (tertiary/aromatic N) is 4. The minimum Gasteiger partial charge on any atom is -0.358 e. The zero-order chi connectivity index (χ0) is 21.4. The Balaban J connectivity index is 1.38. The van der Waals surface area contributed by atoms with Crippen LogP contribution in [-0.4, -0.2) is 26.9 Å². The van der Waals surface area contributed by atoms with Gasteiger partial charge in [-0.1, -0.05) is 41.7 Å². The molecule has 3 heterocycles. The predicted molar refractivity (Wildman–Crippen MR) is 120 cm³/mol. The van der Waals surface area contributed by atoms with Gasteiger partial charge < -0.3 is 25.6 Å². The number of aromatic nitrogens is 2. The normalized spacial score (nSPS) is 13.1. The summed E-state index contributed by atoms with van der Waals surface area (Å²) in [5.74, 6) is 0.360. The molecule has 0 saturated heterocycles. The molecule has 2 N–H and O–H groups in total.